The van der Waals surface area contributed by atoms with Crippen LogP contribution in [0.1, 0.15) is 30.9 Å². The summed E-state index contributed by atoms with van der Waals surface area (Å²) in [5.74, 6) is 2.79. The molecule has 0 atom stereocenters. The number of nitrogens with zero attached hydrogens (tertiary/aromatic N) is 1. The molecule has 3 heteroatoms. The quantitative estimate of drug-likeness (QED) is 0.837. The van der Waals surface area contributed by atoms with E-state index in [4.69, 9.17) is 0 Å². The number of hydrogen-bond acceptors (Lipinski definition) is 2. The Morgan fingerprint density at radius 2 is 2.00 bits per heavy atom. The van der Waals surface area contributed by atoms with Crippen molar-refractivity contribution in [3.8, 4) is 0 Å². The van der Waals surface area contributed by atoms with E-state index in [-0.39, 0.29) is 5.92 Å². The number of thioether (sulfide) groups is 1. The van der Waals surface area contributed by atoms with Crippen LogP contribution < -0.4 is 4.90 Å². The van der Waals surface area contributed by atoms with Gasteiger partial charge >= 0.3 is 0 Å². The van der Waals surface area contributed by atoms with Gasteiger partial charge in [-0.1, -0.05) is 12.1 Å². The Morgan fingerprint density at radius 1 is 1.32 bits per heavy atom. The van der Waals surface area contributed by atoms with Gasteiger partial charge in [0.25, 0.3) is 0 Å². The summed E-state index contributed by atoms with van der Waals surface area (Å²) in [7, 11) is 0. The van der Waals surface area contributed by atoms with Gasteiger partial charge in [0, 0.05) is 18.2 Å². The van der Waals surface area contributed by atoms with Gasteiger partial charge < -0.3 is 4.90 Å². The molecule has 2 nitrogen and oxygen atoms in total. The van der Waals surface area contributed by atoms with Crippen LogP contribution in [0.15, 0.2) is 18.2 Å². The first-order valence-corrected chi connectivity index (χ1v) is 8.26. The molecule has 1 amide bonds. The van der Waals surface area contributed by atoms with Crippen LogP contribution in [-0.4, -0.2) is 24.0 Å². The summed E-state index contributed by atoms with van der Waals surface area (Å²) in [5.41, 5.74) is 3.57. The van der Waals surface area contributed by atoms with Crippen molar-refractivity contribution in [3.63, 3.8) is 0 Å². The van der Waals surface area contributed by atoms with E-state index < -0.39 is 0 Å². The predicted molar refractivity (Wildman–Crippen MR) is 84.0 cm³/mol. The lowest BCUT2D eigenvalue weighted by Crippen LogP contribution is -2.38. The minimum atomic E-state index is 0.223. The van der Waals surface area contributed by atoms with Crippen LogP contribution in [0.2, 0.25) is 0 Å². The number of hydrogen-bond donors (Lipinski definition) is 0. The second kappa shape index (κ2) is 6.47. The molecule has 1 fully saturated rings. The third-order valence-electron chi connectivity index (χ3n) is 4.02. The Hall–Kier alpha value is -0.960. The molecule has 0 aromatic heterocycles. The van der Waals surface area contributed by atoms with E-state index in [2.05, 4.69) is 32.9 Å². The summed E-state index contributed by atoms with van der Waals surface area (Å²) in [4.78, 5) is 14.7. The van der Waals surface area contributed by atoms with Crippen molar-refractivity contribution in [3.05, 3.63) is 29.3 Å². The lowest BCUT2D eigenvalue weighted by molar-refractivity contribution is -0.122. The third-order valence-corrected chi connectivity index (χ3v) is 5.07. The van der Waals surface area contributed by atoms with E-state index in [1.54, 1.807) is 0 Å². The highest BCUT2D eigenvalue weighted by Crippen LogP contribution is 2.29. The first-order chi connectivity index (χ1) is 9.15. The maximum atomic E-state index is 12.7. The fourth-order valence-electron chi connectivity index (χ4n) is 2.64. The SMILES string of the molecule is CCN(C(=O)C1CCSCC1)c1cccc(C)c1C. The Labute approximate surface area is 120 Å². The predicted octanol–water partition coefficient (Wildman–Crippen LogP) is 3.80. The minimum absolute atomic E-state index is 0.223. The molecule has 1 aromatic carbocycles. The molecule has 1 aliphatic heterocycles. The standard InChI is InChI=1S/C16H23NOS/c1-4-17(15-7-5-6-12(2)13(15)3)16(18)14-8-10-19-11-9-14/h5-7,14H,4,8-11H2,1-3H3. The summed E-state index contributed by atoms with van der Waals surface area (Å²) in [5, 5.41) is 0. The fourth-order valence-corrected chi connectivity index (χ4v) is 3.74. The average molecular weight is 277 g/mol. The molecule has 19 heavy (non-hydrogen) atoms. The summed E-state index contributed by atoms with van der Waals surface area (Å²) >= 11 is 1.97. The van der Waals surface area contributed by atoms with Crippen molar-refractivity contribution >= 4 is 23.4 Å². The number of anilines is 1. The van der Waals surface area contributed by atoms with E-state index in [1.165, 1.54) is 11.1 Å². The van der Waals surface area contributed by atoms with Gasteiger partial charge in [0.05, 0.1) is 0 Å². The van der Waals surface area contributed by atoms with E-state index in [0.29, 0.717) is 5.91 Å². The number of benzene rings is 1. The molecule has 0 bridgehead atoms. The summed E-state index contributed by atoms with van der Waals surface area (Å²) in [6.07, 6.45) is 2.07. The van der Waals surface area contributed by atoms with Crippen molar-refractivity contribution in [1.82, 2.24) is 0 Å². The average Bonchev–Trinajstić information content (AvgIpc) is 2.45. The van der Waals surface area contributed by atoms with Crippen LogP contribution in [0.4, 0.5) is 5.69 Å². The monoisotopic (exact) mass is 277 g/mol. The van der Waals surface area contributed by atoms with Crippen molar-refractivity contribution in [2.24, 2.45) is 5.92 Å². The van der Waals surface area contributed by atoms with Crippen LogP contribution in [0.3, 0.4) is 0 Å². The van der Waals surface area contributed by atoms with Gasteiger partial charge in [-0.2, -0.15) is 11.8 Å². The summed E-state index contributed by atoms with van der Waals surface area (Å²) < 4.78 is 0. The molecule has 0 saturated carbocycles. The van der Waals surface area contributed by atoms with E-state index in [9.17, 15) is 4.79 Å². The van der Waals surface area contributed by atoms with Crippen molar-refractivity contribution in [1.29, 1.82) is 0 Å². The lowest BCUT2D eigenvalue weighted by atomic mass is 9.99. The number of carbonyl (C=O) groups is 1. The Kier molecular flexibility index (Phi) is 4.92. The van der Waals surface area contributed by atoms with Gasteiger partial charge in [0.1, 0.15) is 0 Å². The fraction of sp³-hybridized carbons (Fsp3) is 0.562. The van der Waals surface area contributed by atoms with Crippen molar-refractivity contribution in [2.75, 3.05) is 23.0 Å². The maximum absolute atomic E-state index is 12.7. The van der Waals surface area contributed by atoms with Crippen LogP contribution in [0.25, 0.3) is 0 Å². The molecule has 1 saturated heterocycles. The molecule has 104 valence electrons. The molecule has 2 rings (SSSR count). The zero-order chi connectivity index (χ0) is 13.8. The first-order valence-electron chi connectivity index (χ1n) is 7.10. The highest BCUT2D eigenvalue weighted by molar-refractivity contribution is 7.99. The second-order valence-corrected chi connectivity index (χ2v) is 6.41. The molecular formula is C16H23NOS. The minimum Gasteiger partial charge on any atom is -0.312 e. The Balaban J connectivity index is 2.23. The van der Waals surface area contributed by atoms with Gasteiger partial charge in [-0.25, -0.2) is 0 Å². The summed E-state index contributed by atoms with van der Waals surface area (Å²) in [6.45, 7) is 7.04. The number of aryl methyl sites for hydroxylation is 1. The maximum Gasteiger partial charge on any atom is 0.230 e. The van der Waals surface area contributed by atoms with Gasteiger partial charge in [0.15, 0.2) is 0 Å². The number of rotatable bonds is 3. The molecule has 1 aromatic rings. The Bertz CT molecular complexity index is 452. The third kappa shape index (κ3) is 3.14. The van der Waals surface area contributed by atoms with E-state index in [0.717, 1.165) is 36.6 Å². The zero-order valence-electron chi connectivity index (χ0n) is 12.1. The van der Waals surface area contributed by atoms with Gasteiger partial charge in [-0.3, -0.25) is 4.79 Å². The molecule has 0 spiro atoms. The van der Waals surface area contributed by atoms with E-state index in [1.807, 2.05) is 22.7 Å². The molecule has 1 heterocycles. The highest BCUT2D eigenvalue weighted by atomic mass is 32.2. The van der Waals surface area contributed by atoms with Gasteiger partial charge in [0.2, 0.25) is 5.91 Å². The largest absolute Gasteiger partial charge is 0.312 e. The van der Waals surface area contributed by atoms with Gasteiger partial charge in [-0.05, 0) is 62.3 Å². The molecule has 0 radical (unpaired) electrons. The topological polar surface area (TPSA) is 20.3 Å². The van der Waals surface area contributed by atoms with Crippen LogP contribution >= 0.6 is 11.8 Å². The molecule has 0 unspecified atom stereocenters. The lowest BCUT2D eigenvalue weighted by Gasteiger charge is -2.29. The first kappa shape index (κ1) is 14.4. The molecule has 0 N–H and O–H groups in total. The normalized spacial score (nSPS) is 16.4. The smallest absolute Gasteiger partial charge is 0.230 e. The number of carbonyl (C=O) groups excluding carboxylic acids is 1. The molecule has 1 aliphatic rings. The van der Waals surface area contributed by atoms with Crippen LogP contribution in [-0.2, 0) is 4.79 Å². The number of amides is 1. The van der Waals surface area contributed by atoms with Gasteiger partial charge in [-0.15, -0.1) is 0 Å². The highest BCUT2D eigenvalue weighted by Gasteiger charge is 2.27. The zero-order valence-corrected chi connectivity index (χ0v) is 12.9. The van der Waals surface area contributed by atoms with Crippen molar-refractivity contribution < 1.29 is 4.79 Å². The Morgan fingerprint density at radius 3 is 2.63 bits per heavy atom. The van der Waals surface area contributed by atoms with Crippen LogP contribution in [0.5, 0.6) is 0 Å². The van der Waals surface area contributed by atoms with E-state index >= 15 is 0 Å². The van der Waals surface area contributed by atoms with Crippen LogP contribution in [0, 0.1) is 19.8 Å². The van der Waals surface area contributed by atoms with Crippen molar-refractivity contribution in [2.45, 2.75) is 33.6 Å². The second-order valence-electron chi connectivity index (χ2n) is 5.19. The summed E-state index contributed by atoms with van der Waals surface area (Å²) in [6, 6.07) is 6.22. The molecular weight excluding hydrogens is 254 g/mol. The molecule has 0 aliphatic carbocycles.